The number of hydrogen-bond acceptors (Lipinski definition) is 4. The molecule has 2 saturated heterocycles. The molecule has 2 atom stereocenters. The Morgan fingerprint density at radius 3 is 3.00 bits per heavy atom. The van der Waals surface area contributed by atoms with Crippen molar-refractivity contribution in [1.82, 2.24) is 10.2 Å². The summed E-state index contributed by atoms with van der Waals surface area (Å²) < 4.78 is 5.28. The van der Waals surface area contributed by atoms with Crippen LogP contribution in [0.5, 0.6) is 5.75 Å². The summed E-state index contributed by atoms with van der Waals surface area (Å²) in [7, 11) is 1.62. The van der Waals surface area contributed by atoms with E-state index >= 15 is 0 Å². The van der Waals surface area contributed by atoms with Gasteiger partial charge in [0.2, 0.25) is 0 Å². The maximum atomic E-state index is 12.8. The third kappa shape index (κ3) is 1.87. The fourth-order valence-electron chi connectivity index (χ4n) is 3.50. The molecule has 1 aromatic rings. The van der Waals surface area contributed by atoms with Gasteiger partial charge < -0.3 is 15.0 Å². The molecule has 5 heteroatoms. The van der Waals surface area contributed by atoms with Crippen LogP contribution in [0.1, 0.15) is 23.5 Å². The molecule has 19 heavy (non-hydrogen) atoms. The summed E-state index contributed by atoms with van der Waals surface area (Å²) >= 11 is 1.47. The first kappa shape index (κ1) is 12.9. The number of hydrogen-bond donors (Lipinski definition) is 1. The Kier molecular flexibility index (Phi) is 3.06. The summed E-state index contributed by atoms with van der Waals surface area (Å²) in [6.45, 7) is 7.26. The van der Waals surface area contributed by atoms with Gasteiger partial charge in [0.25, 0.3) is 5.91 Å². The van der Waals surface area contributed by atoms with Crippen LogP contribution >= 0.6 is 11.3 Å². The minimum absolute atomic E-state index is 0.0831. The molecule has 1 N–H and O–H groups in total. The van der Waals surface area contributed by atoms with Gasteiger partial charge in [0.15, 0.2) is 0 Å². The van der Waals surface area contributed by atoms with E-state index in [1.54, 1.807) is 7.11 Å². The van der Waals surface area contributed by atoms with Crippen molar-refractivity contribution in [3.63, 3.8) is 0 Å². The van der Waals surface area contributed by atoms with Crippen molar-refractivity contribution in [1.29, 1.82) is 0 Å². The lowest BCUT2D eigenvalue weighted by atomic mass is 9.85. The maximum absolute atomic E-state index is 12.8. The molecule has 0 spiro atoms. The number of carbonyl (C=O) groups is 1. The fourth-order valence-corrected chi connectivity index (χ4v) is 4.31. The van der Waals surface area contributed by atoms with Crippen LogP contribution in [0.2, 0.25) is 0 Å². The lowest BCUT2D eigenvalue weighted by Crippen LogP contribution is -2.47. The smallest absolute Gasteiger partial charge is 0.268 e. The first-order valence-corrected chi connectivity index (χ1v) is 7.58. The van der Waals surface area contributed by atoms with Crippen LogP contribution in [-0.4, -0.2) is 43.1 Å². The molecule has 0 aliphatic carbocycles. The minimum Gasteiger partial charge on any atom is -0.495 e. The zero-order valence-corrected chi connectivity index (χ0v) is 12.4. The van der Waals surface area contributed by atoms with Crippen LogP contribution < -0.4 is 10.1 Å². The van der Waals surface area contributed by atoms with E-state index in [2.05, 4.69) is 19.2 Å². The summed E-state index contributed by atoms with van der Waals surface area (Å²) in [4.78, 5) is 15.5. The summed E-state index contributed by atoms with van der Waals surface area (Å²) in [5.41, 5.74) is -0.0831. The molecule has 0 saturated carbocycles. The number of methoxy groups -OCH3 is 1. The van der Waals surface area contributed by atoms with Crippen LogP contribution in [0.15, 0.2) is 11.4 Å². The lowest BCUT2D eigenvalue weighted by molar-refractivity contribution is 0.0605. The molecule has 2 aliphatic heterocycles. The van der Waals surface area contributed by atoms with Gasteiger partial charge in [0.05, 0.1) is 7.11 Å². The second-order valence-corrected chi connectivity index (χ2v) is 6.83. The normalized spacial score (nSPS) is 28.5. The Bertz CT molecular complexity index is 497. The quantitative estimate of drug-likeness (QED) is 0.898. The average molecular weight is 280 g/mol. The largest absolute Gasteiger partial charge is 0.495 e. The molecule has 1 amide bonds. The van der Waals surface area contributed by atoms with Crippen molar-refractivity contribution < 1.29 is 9.53 Å². The van der Waals surface area contributed by atoms with Crippen molar-refractivity contribution in [2.45, 2.75) is 19.4 Å². The molecule has 104 valence electrons. The Labute approximate surface area is 117 Å². The number of carbonyl (C=O) groups excluding carboxylic acids is 1. The fraction of sp³-hybridized carbons (Fsp3) is 0.643. The molecular formula is C14H20N2O2S. The van der Waals surface area contributed by atoms with Gasteiger partial charge in [-0.15, -0.1) is 11.3 Å². The van der Waals surface area contributed by atoms with Crippen LogP contribution in [0.3, 0.4) is 0 Å². The monoisotopic (exact) mass is 280 g/mol. The molecular weight excluding hydrogens is 260 g/mol. The summed E-state index contributed by atoms with van der Waals surface area (Å²) in [6.07, 6.45) is 0. The molecule has 2 unspecified atom stereocenters. The molecule has 3 heterocycles. The topological polar surface area (TPSA) is 41.6 Å². The SMILES string of the molecule is COc1ccsc1C(=O)N1CC2CNCC2C1(C)C. The van der Waals surface area contributed by atoms with Gasteiger partial charge in [-0.05, 0) is 37.1 Å². The third-order valence-corrected chi connectivity index (χ3v) is 5.53. The number of likely N-dealkylation sites (tertiary alicyclic amines) is 1. The van der Waals surface area contributed by atoms with Gasteiger partial charge in [-0.2, -0.15) is 0 Å². The standard InChI is InChI=1S/C14H20N2O2S/c1-14(2)10-7-15-6-9(10)8-16(14)13(17)12-11(18-3)4-5-19-12/h4-5,9-10,15H,6-8H2,1-3H3. The third-order valence-electron chi connectivity index (χ3n) is 4.65. The Morgan fingerprint density at radius 2 is 2.32 bits per heavy atom. The molecule has 4 nitrogen and oxygen atoms in total. The first-order valence-electron chi connectivity index (χ1n) is 6.70. The first-order chi connectivity index (χ1) is 9.05. The molecule has 0 bridgehead atoms. The van der Waals surface area contributed by atoms with Gasteiger partial charge in [0.1, 0.15) is 10.6 Å². The number of nitrogens with one attached hydrogen (secondary N) is 1. The highest BCUT2D eigenvalue weighted by Crippen LogP contribution is 2.42. The predicted octanol–water partition coefficient (Wildman–Crippen LogP) is 1.83. The predicted molar refractivity (Wildman–Crippen MR) is 75.8 cm³/mol. The highest BCUT2D eigenvalue weighted by atomic mass is 32.1. The second-order valence-electron chi connectivity index (χ2n) is 5.91. The number of thiophene rings is 1. The summed E-state index contributed by atoms with van der Waals surface area (Å²) in [6, 6.07) is 1.86. The Balaban J connectivity index is 1.89. The van der Waals surface area contributed by atoms with Crippen molar-refractivity contribution in [3.05, 3.63) is 16.3 Å². The number of rotatable bonds is 2. The number of fused-ring (bicyclic) bond motifs is 1. The average Bonchev–Trinajstić information content (AvgIpc) is 3.06. The van der Waals surface area contributed by atoms with E-state index in [0.717, 1.165) is 24.5 Å². The van der Waals surface area contributed by atoms with Crippen molar-refractivity contribution in [2.24, 2.45) is 11.8 Å². The molecule has 1 aromatic heterocycles. The van der Waals surface area contributed by atoms with Crippen LogP contribution in [0.4, 0.5) is 0 Å². The molecule has 0 radical (unpaired) electrons. The second kappa shape index (κ2) is 4.49. The van der Waals surface area contributed by atoms with Crippen molar-refractivity contribution in [2.75, 3.05) is 26.7 Å². The van der Waals surface area contributed by atoms with Crippen LogP contribution in [0, 0.1) is 11.8 Å². The van der Waals surface area contributed by atoms with E-state index in [1.807, 2.05) is 16.3 Å². The van der Waals surface area contributed by atoms with E-state index in [1.165, 1.54) is 11.3 Å². The molecule has 3 rings (SSSR count). The van der Waals surface area contributed by atoms with E-state index in [-0.39, 0.29) is 11.4 Å². The van der Waals surface area contributed by atoms with E-state index in [9.17, 15) is 4.79 Å². The maximum Gasteiger partial charge on any atom is 0.268 e. The number of nitrogens with zero attached hydrogens (tertiary/aromatic N) is 1. The lowest BCUT2D eigenvalue weighted by Gasteiger charge is -2.35. The van der Waals surface area contributed by atoms with E-state index in [4.69, 9.17) is 4.74 Å². The van der Waals surface area contributed by atoms with Crippen molar-refractivity contribution >= 4 is 17.2 Å². The molecule has 0 aromatic carbocycles. The van der Waals surface area contributed by atoms with Gasteiger partial charge >= 0.3 is 0 Å². The molecule has 2 fully saturated rings. The highest BCUT2D eigenvalue weighted by molar-refractivity contribution is 7.12. The molecule has 2 aliphatic rings. The van der Waals surface area contributed by atoms with Gasteiger partial charge in [-0.3, -0.25) is 4.79 Å². The van der Waals surface area contributed by atoms with E-state index < -0.39 is 0 Å². The number of ether oxygens (including phenoxy) is 1. The van der Waals surface area contributed by atoms with Gasteiger partial charge in [-0.1, -0.05) is 0 Å². The van der Waals surface area contributed by atoms with Gasteiger partial charge in [-0.25, -0.2) is 0 Å². The summed E-state index contributed by atoms with van der Waals surface area (Å²) in [5, 5.41) is 5.35. The van der Waals surface area contributed by atoms with Gasteiger partial charge in [0, 0.05) is 25.2 Å². The van der Waals surface area contributed by atoms with Crippen LogP contribution in [0.25, 0.3) is 0 Å². The van der Waals surface area contributed by atoms with E-state index in [0.29, 0.717) is 17.6 Å². The Morgan fingerprint density at radius 1 is 1.53 bits per heavy atom. The zero-order valence-electron chi connectivity index (χ0n) is 11.6. The highest BCUT2D eigenvalue weighted by Gasteiger charge is 2.51. The minimum atomic E-state index is -0.0831. The summed E-state index contributed by atoms with van der Waals surface area (Å²) in [5.74, 6) is 1.96. The van der Waals surface area contributed by atoms with Crippen LogP contribution in [-0.2, 0) is 0 Å². The zero-order chi connectivity index (χ0) is 13.6. The van der Waals surface area contributed by atoms with Crippen molar-refractivity contribution in [3.8, 4) is 5.75 Å². The number of amides is 1. The Hall–Kier alpha value is -1.07.